The Morgan fingerprint density at radius 1 is 0.938 bits per heavy atom. The fraction of sp³-hybridized carbons (Fsp3) is 0.348. The molecule has 9 heteroatoms. The highest BCUT2D eigenvalue weighted by molar-refractivity contribution is 5.84. The Morgan fingerprint density at radius 3 is 2.06 bits per heavy atom. The van der Waals surface area contributed by atoms with Gasteiger partial charge in [-0.25, -0.2) is 15.1 Å². The van der Waals surface area contributed by atoms with Crippen molar-refractivity contribution in [1.82, 2.24) is 15.7 Å². The highest BCUT2D eigenvalue weighted by Crippen LogP contribution is 2.19. The number of aliphatic hydroxyl groups is 1. The Labute approximate surface area is 186 Å². The second-order valence-electron chi connectivity index (χ2n) is 7.90. The van der Waals surface area contributed by atoms with Crippen molar-refractivity contribution in [2.24, 2.45) is 5.92 Å². The van der Waals surface area contributed by atoms with Crippen molar-refractivity contribution >= 4 is 17.9 Å². The zero-order chi connectivity index (χ0) is 23.7. The van der Waals surface area contributed by atoms with Crippen LogP contribution in [0.15, 0.2) is 54.6 Å². The van der Waals surface area contributed by atoms with Gasteiger partial charge in [0.1, 0.15) is 6.04 Å². The second kappa shape index (κ2) is 11.8. The third-order valence-electron chi connectivity index (χ3n) is 4.78. The highest BCUT2D eigenvalue weighted by Gasteiger charge is 2.27. The van der Waals surface area contributed by atoms with Crippen molar-refractivity contribution in [3.8, 4) is 11.1 Å². The zero-order valence-corrected chi connectivity index (χ0v) is 18.1. The Hall–Kier alpha value is -3.43. The summed E-state index contributed by atoms with van der Waals surface area (Å²) < 4.78 is 0. The minimum absolute atomic E-state index is 0.000975. The Kier molecular flexibility index (Phi) is 9.18. The molecule has 0 bridgehead atoms. The number of nitrogens with one attached hydrogen (secondary N) is 2. The van der Waals surface area contributed by atoms with Crippen LogP contribution in [0.1, 0.15) is 19.4 Å². The van der Waals surface area contributed by atoms with Crippen LogP contribution in [0.2, 0.25) is 0 Å². The topological polar surface area (TPSA) is 139 Å². The molecule has 2 aromatic rings. The molecular formula is C23H29N3O6. The first-order valence-corrected chi connectivity index (χ1v) is 10.3. The van der Waals surface area contributed by atoms with Crippen LogP contribution in [0.25, 0.3) is 11.1 Å². The molecule has 0 aliphatic heterocycles. The molecule has 32 heavy (non-hydrogen) atoms. The molecule has 0 unspecified atom stereocenters. The van der Waals surface area contributed by atoms with E-state index in [1.54, 1.807) is 0 Å². The molecule has 0 fully saturated rings. The first-order chi connectivity index (χ1) is 15.2. The number of carboxylic acids is 1. The molecule has 172 valence electrons. The maximum Gasteiger partial charge on any atom is 0.326 e. The van der Waals surface area contributed by atoms with Gasteiger partial charge >= 0.3 is 12.0 Å². The predicted octanol–water partition coefficient (Wildman–Crippen LogP) is 1.88. The minimum atomic E-state index is -1.65. The molecule has 9 nitrogen and oxygen atoms in total. The minimum Gasteiger partial charge on any atom is -0.480 e. The van der Waals surface area contributed by atoms with Crippen molar-refractivity contribution in [2.45, 2.75) is 32.4 Å². The number of aliphatic carboxylic acids is 1. The van der Waals surface area contributed by atoms with E-state index in [2.05, 4.69) is 5.32 Å². The van der Waals surface area contributed by atoms with Crippen molar-refractivity contribution in [2.75, 3.05) is 13.1 Å². The lowest BCUT2D eigenvalue weighted by molar-refractivity contribution is -0.140. The van der Waals surface area contributed by atoms with Gasteiger partial charge in [0, 0.05) is 13.0 Å². The number of hydroxylamine groups is 1. The van der Waals surface area contributed by atoms with Gasteiger partial charge in [-0.15, -0.1) is 0 Å². The third-order valence-corrected chi connectivity index (χ3v) is 4.78. The summed E-state index contributed by atoms with van der Waals surface area (Å²) in [6, 6.07) is 15.2. The molecule has 0 aliphatic carbocycles. The first-order valence-electron chi connectivity index (χ1n) is 10.3. The van der Waals surface area contributed by atoms with Gasteiger partial charge in [-0.05, 0) is 22.6 Å². The number of nitrogens with zero attached hydrogens (tertiary/aromatic N) is 1. The van der Waals surface area contributed by atoms with Crippen LogP contribution in [0.3, 0.4) is 0 Å². The summed E-state index contributed by atoms with van der Waals surface area (Å²) in [5.74, 6) is -2.26. The number of rotatable bonds is 10. The summed E-state index contributed by atoms with van der Waals surface area (Å²) in [6.45, 7) is 3.46. The lowest BCUT2D eigenvalue weighted by atomic mass is 10.0. The number of hydrogen-bond acceptors (Lipinski definition) is 5. The maximum atomic E-state index is 12.7. The SMILES string of the molecule is CC(C)CN(C[C@H](O)C(=O)NO)C(=O)N[C@@H](Cc1ccc(-c2ccccc2)cc1)C(=O)O. The Bertz CT molecular complexity index is 902. The van der Waals surface area contributed by atoms with Gasteiger partial charge in [0.25, 0.3) is 5.91 Å². The molecule has 0 spiro atoms. The van der Waals surface area contributed by atoms with E-state index < -0.39 is 36.6 Å². The number of urea groups is 1. The molecule has 0 radical (unpaired) electrons. The van der Waals surface area contributed by atoms with E-state index in [1.165, 1.54) is 5.48 Å². The second-order valence-corrected chi connectivity index (χ2v) is 7.90. The van der Waals surface area contributed by atoms with Gasteiger partial charge < -0.3 is 20.4 Å². The molecule has 2 atom stereocenters. The van der Waals surface area contributed by atoms with Crippen LogP contribution in [0, 0.1) is 5.92 Å². The van der Waals surface area contributed by atoms with Crippen molar-refractivity contribution in [3.05, 3.63) is 60.2 Å². The monoisotopic (exact) mass is 443 g/mol. The molecule has 3 amide bonds. The zero-order valence-electron chi connectivity index (χ0n) is 18.1. The van der Waals surface area contributed by atoms with Crippen LogP contribution in [0.5, 0.6) is 0 Å². The summed E-state index contributed by atoms with van der Waals surface area (Å²) in [7, 11) is 0. The van der Waals surface area contributed by atoms with Crippen LogP contribution >= 0.6 is 0 Å². The van der Waals surface area contributed by atoms with Gasteiger partial charge in [-0.2, -0.15) is 0 Å². The fourth-order valence-corrected chi connectivity index (χ4v) is 3.19. The number of carboxylic acid groups (broad SMARTS) is 1. The number of aliphatic hydroxyl groups excluding tert-OH is 1. The fourth-order valence-electron chi connectivity index (χ4n) is 3.19. The van der Waals surface area contributed by atoms with E-state index in [0.29, 0.717) is 0 Å². The molecule has 0 heterocycles. The van der Waals surface area contributed by atoms with E-state index in [4.69, 9.17) is 5.21 Å². The van der Waals surface area contributed by atoms with E-state index >= 15 is 0 Å². The number of carbonyl (C=O) groups excluding carboxylic acids is 2. The van der Waals surface area contributed by atoms with E-state index in [0.717, 1.165) is 21.6 Å². The van der Waals surface area contributed by atoms with Crippen LogP contribution in [-0.4, -0.2) is 63.5 Å². The average Bonchev–Trinajstić information content (AvgIpc) is 2.78. The first kappa shape index (κ1) is 24.8. The molecular weight excluding hydrogens is 414 g/mol. The van der Waals surface area contributed by atoms with Crippen LogP contribution in [-0.2, 0) is 16.0 Å². The third kappa shape index (κ3) is 7.36. The lowest BCUT2D eigenvalue weighted by Gasteiger charge is -2.28. The van der Waals surface area contributed by atoms with Crippen LogP contribution in [0.4, 0.5) is 4.79 Å². The molecule has 2 aromatic carbocycles. The largest absolute Gasteiger partial charge is 0.480 e. The molecule has 0 saturated heterocycles. The number of hydrogen-bond donors (Lipinski definition) is 5. The van der Waals surface area contributed by atoms with E-state index in [9.17, 15) is 24.6 Å². The molecule has 5 N–H and O–H groups in total. The van der Waals surface area contributed by atoms with Gasteiger partial charge in [0.2, 0.25) is 0 Å². The lowest BCUT2D eigenvalue weighted by Crippen LogP contribution is -2.53. The summed E-state index contributed by atoms with van der Waals surface area (Å²) >= 11 is 0. The Balaban J connectivity index is 2.09. The normalized spacial score (nSPS) is 12.7. The van der Waals surface area contributed by atoms with Crippen molar-refractivity contribution < 1.29 is 29.8 Å². The molecule has 0 aromatic heterocycles. The summed E-state index contributed by atoms with van der Waals surface area (Å²) in [5.41, 5.74) is 4.09. The van der Waals surface area contributed by atoms with Crippen LogP contribution < -0.4 is 10.8 Å². The van der Waals surface area contributed by atoms with E-state index in [1.807, 2.05) is 68.4 Å². The number of carbonyl (C=O) groups is 3. The molecule has 2 rings (SSSR count). The standard InChI is InChI=1S/C23H29N3O6/c1-15(2)13-26(14-20(27)21(28)25-32)23(31)24-19(22(29)30)12-16-8-10-18(11-9-16)17-6-4-3-5-7-17/h3-11,15,19-20,27,32H,12-14H2,1-2H3,(H,24,31)(H,25,28)(H,29,30)/t19-,20-/m0/s1. The summed E-state index contributed by atoms with van der Waals surface area (Å²) in [4.78, 5) is 37.0. The number of benzene rings is 2. The van der Waals surface area contributed by atoms with Gasteiger partial charge in [-0.3, -0.25) is 10.0 Å². The quantitative estimate of drug-likeness (QED) is 0.281. The van der Waals surface area contributed by atoms with Gasteiger partial charge in [-0.1, -0.05) is 68.4 Å². The maximum absolute atomic E-state index is 12.7. The summed E-state index contributed by atoms with van der Waals surface area (Å²) in [6.07, 6.45) is -1.59. The predicted molar refractivity (Wildman–Crippen MR) is 118 cm³/mol. The average molecular weight is 444 g/mol. The Morgan fingerprint density at radius 2 is 1.53 bits per heavy atom. The molecule has 0 aliphatic rings. The number of amides is 3. The van der Waals surface area contributed by atoms with Crippen molar-refractivity contribution in [3.63, 3.8) is 0 Å². The van der Waals surface area contributed by atoms with Gasteiger partial charge in [0.15, 0.2) is 6.10 Å². The molecule has 0 saturated carbocycles. The van der Waals surface area contributed by atoms with E-state index in [-0.39, 0.29) is 18.9 Å². The smallest absolute Gasteiger partial charge is 0.326 e. The van der Waals surface area contributed by atoms with Crippen molar-refractivity contribution in [1.29, 1.82) is 0 Å². The summed E-state index contributed by atoms with van der Waals surface area (Å²) in [5, 5.41) is 30.6. The highest BCUT2D eigenvalue weighted by atomic mass is 16.5. The van der Waals surface area contributed by atoms with Gasteiger partial charge in [0.05, 0.1) is 6.54 Å².